The van der Waals surface area contributed by atoms with E-state index in [9.17, 15) is 13.2 Å². The molecular weight excluding hydrogens is 316 g/mol. The molecule has 0 bridgehead atoms. The third-order valence-corrected chi connectivity index (χ3v) is 5.77. The fourth-order valence-corrected chi connectivity index (χ4v) is 3.95. The Morgan fingerprint density at radius 3 is 2.35 bits per heavy atom. The maximum atomic E-state index is 12.6. The first-order chi connectivity index (χ1) is 10.8. The van der Waals surface area contributed by atoms with Crippen LogP contribution in [0.25, 0.3) is 0 Å². The minimum Gasteiger partial charge on any atom is -0.308 e. The molecule has 2 aromatic heterocycles. The molecule has 0 unspecified atom stereocenters. The Hall–Kier alpha value is -1.93. The van der Waals surface area contributed by atoms with Crippen molar-refractivity contribution in [3.05, 3.63) is 46.1 Å². The van der Waals surface area contributed by atoms with Crippen molar-refractivity contribution in [2.24, 2.45) is 7.05 Å². The zero-order valence-corrected chi connectivity index (χ0v) is 14.7. The highest BCUT2D eigenvalue weighted by Crippen LogP contribution is 2.14. The van der Waals surface area contributed by atoms with Crippen molar-refractivity contribution in [1.82, 2.24) is 18.7 Å². The Balaban J connectivity index is 2.44. The van der Waals surface area contributed by atoms with Gasteiger partial charge in [0.15, 0.2) is 0 Å². The molecule has 0 fully saturated rings. The van der Waals surface area contributed by atoms with Gasteiger partial charge in [-0.1, -0.05) is 13.8 Å². The summed E-state index contributed by atoms with van der Waals surface area (Å²) < 4.78 is 29.6. The lowest BCUT2D eigenvalue weighted by Crippen LogP contribution is -2.32. The number of pyridine rings is 1. The Morgan fingerprint density at radius 2 is 1.83 bits per heavy atom. The summed E-state index contributed by atoms with van der Waals surface area (Å²) in [6.45, 7) is 6.49. The Morgan fingerprint density at radius 1 is 1.17 bits per heavy atom. The summed E-state index contributed by atoms with van der Waals surface area (Å²) in [7, 11) is -1.78. The fourth-order valence-electron chi connectivity index (χ4n) is 2.47. The Labute approximate surface area is 136 Å². The van der Waals surface area contributed by atoms with Gasteiger partial charge in [0.2, 0.25) is 10.0 Å². The number of nitrogens with zero attached hydrogens (tertiary/aromatic N) is 4. The number of hydrogen-bond acceptors (Lipinski definition) is 4. The van der Waals surface area contributed by atoms with E-state index in [0.717, 1.165) is 11.3 Å². The van der Waals surface area contributed by atoms with E-state index in [1.54, 1.807) is 25.6 Å². The molecule has 0 atom stereocenters. The molecular formula is C15H22N4O3S. The molecule has 0 aliphatic rings. The van der Waals surface area contributed by atoms with Gasteiger partial charge in [-0.25, -0.2) is 8.42 Å². The molecule has 0 N–H and O–H groups in total. The normalized spacial score (nSPS) is 12.0. The number of hydrogen-bond donors (Lipinski definition) is 0. The first-order valence-corrected chi connectivity index (χ1v) is 8.93. The highest BCUT2D eigenvalue weighted by molar-refractivity contribution is 7.89. The number of sulfonamides is 1. The average molecular weight is 338 g/mol. The van der Waals surface area contributed by atoms with Crippen LogP contribution in [0.2, 0.25) is 0 Å². The molecule has 0 saturated carbocycles. The molecule has 2 aromatic rings. The summed E-state index contributed by atoms with van der Waals surface area (Å²) >= 11 is 0. The minimum absolute atomic E-state index is 0.120. The van der Waals surface area contributed by atoms with Gasteiger partial charge in [-0.15, -0.1) is 0 Å². The molecule has 0 aliphatic heterocycles. The molecule has 7 nitrogen and oxygen atoms in total. The lowest BCUT2D eigenvalue weighted by Gasteiger charge is -2.19. The molecule has 0 spiro atoms. The smallest absolute Gasteiger partial charge is 0.250 e. The highest BCUT2D eigenvalue weighted by atomic mass is 32.2. The predicted octanol–water partition coefficient (Wildman–Crippen LogP) is 0.969. The summed E-state index contributed by atoms with van der Waals surface area (Å²) in [4.78, 5) is 12.2. The zero-order chi connectivity index (χ0) is 17.2. The largest absolute Gasteiger partial charge is 0.308 e. The van der Waals surface area contributed by atoms with Crippen molar-refractivity contribution in [2.45, 2.75) is 32.2 Å². The van der Waals surface area contributed by atoms with Crippen molar-refractivity contribution in [2.75, 3.05) is 13.1 Å². The van der Waals surface area contributed by atoms with Gasteiger partial charge in [-0.3, -0.25) is 9.48 Å². The van der Waals surface area contributed by atoms with E-state index in [1.807, 2.05) is 13.1 Å². The number of rotatable bonds is 6. The van der Waals surface area contributed by atoms with Crippen molar-refractivity contribution in [3.8, 4) is 0 Å². The maximum Gasteiger partial charge on any atom is 0.250 e. The van der Waals surface area contributed by atoms with Gasteiger partial charge in [0, 0.05) is 38.6 Å². The van der Waals surface area contributed by atoms with Gasteiger partial charge in [0.1, 0.15) is 0 Å². The van der Waals surface area contributed by atoms with Gasteiger partial charge in [0.25, 0.3) is 5.56 Å². The lowest BCUT2D eigenvalue weighted by molar-refractivity contribution is 0.444. The molecule has 0 aliphatic carbocycles. The van der Waals surface area contributed by atoms with Crippen LogP contribution >= 0.6 is 0 Å². The number of aromatic nitrogens is 3. The topological polar surface area (TPSA) is 77.2 Å². The van der Waals surface area contributed by atoms with Gasteiger partial charge in [0.05, 0.1) is 17.1 Å². The highest BCUT2D eigenvalue weighted by Gasteiger charge is 2.22. The Bertz CT molecular complexity index is 848. The summed E-state index contributed by atoms with van der Waals surface area (Å²) in [6.07, 6.45) is 3.25. The van der Waals surface area contributed by atoms with Gasteiger partial charge in [-0.2, -0.15) is 9.40 Å². The van der Waals surface area contributed by atoms with Crippen LogP contribution in [0.15, 0.2) is 34.2 Å². The quantitative estimate of drug-likeness (QED) is 0.786. The average Bonchev–Trinajstić information content (AvgIpc) is 2.80. The summed E-state index contributed by atoms with van der Waals surface area (Å²) in [5, 5.41) is 4.30. The van der Waals surface area contributed by atoms with Crippen LogP contribution in [0.4, 0.5) is 0 Å². The van der Waals surface area contributed by atoms with E-state index in [-0.39, 0.29) is 17.0 Å². The lowest BCUT2D eigenvalue weighted by atomic mass is 10.3. The minimum atomic E-state index is -3.59. The maximum absolute atomic E-state index is 12.6. The van der Waals surface area contributed by atoms with Crippen LogP contribution in [0.3, 0.4) is 0 Å². The summed E-state index contributed by atoms with van der Waals surface area (Å²) in [6, 6.07) is 2.65. The monoisotopic (exact) mass is 338 g/mol. The van der Waals surface area contributed by atoms with Crippen LogP contribution < -0.4 is 5.56 Å². The Kier molecular flexibility index (Phi) is 5.06. The van der Waals surface area contributed by atoms with Crippen molar-refractivity contribution < 1.29 is 8.42 Å². The van der Waals surface area contributed by atoms with Crippen LogP contribution in [0.5, 0.6) is 0 Å². The van der Waals surface area contributed by atoms with Crippen molar-refractivity contribution >= 4 is 10.0 Å². The van der Waals surface area contributed by atoms with E-state index in [2.05, 4.69) is 5.10 Å². The SMILES string of the molecule is CCN(CC)S(=O)(=O)c1ccc(=O)n(Cc2nn(C)cc2C)c1. The standard InChI is InChI=1S/C15H22N4O3S/c1-5-19(6-2)23(21,22)13-7-8-15(20)18(10-13)11-14-12(3)9-17(4)16-14/h7-10H,5-6,11H2,1-4H3. The molecule has 0 radical (unpaired) electrons. The summed E-state index contributed by atoms with van der Waals surface area (Å²) in [5.74, 6) is 0. The molecule has 126 valence electrons. The first-order valence-electron chi connectivity index (χ1n) is 7.49. The number of aryl methyl sites for hydroxylation is 2. The zero-order valence-electron chi connectivity index (χ0n) is 13.9. The molecule has 0 saturated heterocycles. The van der Waals surface area contributed by atoms with E-state index in [1.165, 1.54) is 27.2 Å². The third-order valence-electron chi connectivity index (χ3n) is 3.73. The summed E-state index contributed by atoms with van der Waals surface area (Å²) in [5.41, 5.74) is 1.44. The third kappa shape index (κ3) is 3.53. The second kappa shape index (κ2) is 6.67. The van der Waals surface area contributed by atoms with Crippen LogP contribution in [0, 0.1) is 6.92 Å². The van der Waals surface area contributed by atoms with Crippen LogP contribution in [-0.2, 0) is 23.6 Å². The van der Waals surface area contributed by atoms with E-state index in [4.69, 9.17) is 0 Å². The fraction of sp³-hybridized carbons (Fsp3) is 0.467. The van der Waals surface area contributed by atoms with E-state index < -0.39 is 10.0 Å². The predicted molar refractivity (Wildman–Crippen MR) is 87.9 cm³/mol. The first kappa shape index (κ1) is 17.4. The second-order valence-corrected chi connectivity index (χ2v) is 7.29. The van der Waals surface area contributed by atoms with Gasteiger partial charge in [-0.05, 0) is 18.6 Å². The van der Waals surface area contributed by atoms with Gasteiger partial charge < -0.3 is 4.57 Å². The molecule has 8 heteroatoms. The van der Waals surface area contributed by atoms with Crippen LogP contribution in [-0.4, -0.2) is 40.2 Å². The molecule has 2 rings (SSSR count). The molecule has 0 aromatic carbocycles. The van der Waals surface area contributed by atoms with Gasteiger partial charge >= 0.3 is 0 Å². The van der Waals surface area contributed by atoms with Crippen molar-refractivity contribution in [3.63, 3.8) is 0 Å². The van der Waals surface area contributed by atoms with E-state index >= 15 is 0 Å². The second-order valence-electron chi connectivity index (χ2n) is 5.35. The van der Waals surface area contributed by atoms with E-state index in [0.29, 0.717) is 13.1 Å². The molecule has 2 heterocycles. The molecule has 23 heavy (non-hydrogen) atoms. The van der Waals surface area contributed by atoms with Crippen LogP contribution in [0.1, 0.15) is 25.1 Å². The van der Waals surface area contributed by atoms with Crippen molar-refractivity contribution in [1.29, 1.82) is 0 Å². The molecule has 0 amide bonds.